The zero-order valence-corrected chi connectivity index (χ0v) is 28.3. The SMILES string of the molecule is CCNC(=O)[C@H](Cc1ccccc1)N(Cc1cccc(OC)c1)C(=O)CN(c1ccc(Oc2ccccc2)cc1)S(=O)(=O)c1ccccc1. The fourth-order valence-electron chi connectivity index (χ4n) is 5.37. The molecule has 49 heavy (non-hydrogen) atoms. The number of carbonyl (C=O) groups is 2. The molecule has 5 aromatic rings. The van der Waals surface area contributed by atoms with Crippen molar-refractivity contribution in [2.24, 2.45) is 0 Å². The number of methoxy groups -OCH3 is 1. The summed E-state index contributed by atoms with van der Waals surface area (Å²) in [6, 6.07) is 39.4. The molecule has 2 amide bonds. The van der Waals surface area contributed by atoms with E-state index in [1.54, 1.807) is 67.8 Å². The number of amides is 2. The molecular weight excluding hydrogens is 639 g/mol. The lowest BCUT2D eigenvalue weighted by Crippen LogP contribution is -2.53. The molecule has 0 aliphatic heterocycles. The Kier molecular flexibility index (Phi) is 11.7. The Morgan fingerprint density at radius 2 is 1.29 bits per heavy atom. The van der Waals surface area contributed by atoms with Gasteiger partial charge in [0.25, 0.3) is 10.0 Å². The Bertz CT molecular complexity index is 1920. The van der Waals surface area contributed by atoms with Crippen molar-refractivity contribution < 1.29 is 27.5 Å². The van der Waals surface area contributed by atoms with Gasteiger partial charge in [0.15, 0.2) is 0 Å². The van der Waals surface area contributed by atoms with E-state index in [0.29, 0.717) is 23.8 Å². The van der Waals surface area contributed by atoms with Crippen molar-refractivity contribution in [3.63, 3.8) is 0 Å². The van der Waals surface area contributed by atoms with Crippen LogP contribution in [0.1, 0.15) is 18.1 Å². The molecule has 1 atom stereocenters. The first-order valence-electron chi connectivity index (χ1n) is 15.9. The quantitative estimate of drug-likeness (QED) is 0.136. The first-order valence-corrected chi connectivity index (χ1v) is 17.4. The Hall–Kier alpha value is -5.61. The molecule has 10 heteroatoms. The van der Waals surface area contributed by atoms with Gasteiger partial charge in [-0.3, -0.25) is 13.9 Å². The van der Waals surface area contributed by atoms with Crippen LogP contribution in [0, 0.1) is 0 Å². The molecule has 9 nitrogen and oxygen atoms in total. The van der Waals surface area contributed by atoms with Crippen molar-refractivity contribution in [1.29, 1.82) is 0 Å². The number of ether oxygens (including phenoxy) is 2. The summed E-state index contributed by atoms with van der Waals surface area (Å²) in [5.74, 6) is 0.814. The summed E-state index contributed by atoms with van der Waals surface area (Å²) in [7, 11) is -2.68. The van der Waals surface area contributed by atoms with Crippen molar-refractivity contribution in [3.05, 3.63) is 151 Å². The van der Waals surface area contributed by atoms with Gasteiger partial charge < -0.3 is 19.7 Å². The summed E-state index contributed by atoms with van der Waals surface area (Å²) in [4.78, 5) is 29.8. The number of nitrogens with one attached hydrogen (secondary N) is 1. The number of benzene rings is 5. The summed E-state index contributed by atoms with van der Waals surface area (Å²) in [6.07, 6.45) is 0.222. The van der Waals surface area contributed by atoms with Crippen LogP contribution in [0.15, 0.2) is 144 Å². The molecule has 0 unspecified atom stereocenters. The number of likely N-dealkylation sites (N-methyl/N-ethyl adjacent to an activating group) is 1. The van der Waals surface area contributed by atoms with E-state index in [1.165, 1.54) is 17.0 Å². The number of hydrogen-bond acceptors (Lipinski definition) is 6. The van der Waals surface area contributed by atoms with Crippen LogP contribution >= 0.6 is 0 Å². The molecule has 0 aliphatic carbocycles. The van der Waals surface area contributed by atoms with Gasteiger partial charge in [-0.2, -0.15) is 0 Å². The van der Waals surface area contributed by atoms with Crippen LogP contribution in [0.3, 0.4) is 0 Å². The zero-order chi connectivity index (χ0) is 34.6. The smallest absolute Gasteiger partial charge is 0.264 e. The highest BCUT2D eigenvalue weighted by atomic mass is 32.2. The molecular formula is C39H39N3O6S. The molecule has 252 valence electrons. The number of rotatable bonds is 15. The van der Waals surface area contributed by atoms with E-state index in [1.807, 2.05) is 73.7 Å². The predicted octanol–water partition coefficient (Wildman–Crippen LogP) is 6.46. The van der Waals surface area contributed by atoms with Gasteiger partial charge in [0, 0.05) is 19.5 Å². The molecule has 0 radical (unpaired) electrons. The number of nitrogens with zero attached hydrogens (tertiary/aromatic N) is 2. The minimum Gasteiger partial charge on any atom is -0.497 e. The van der Waals surface area contributed by atoms with Gasteiger partial charge in [0.2, 0.25) is 11.8 Å². The van der Waals surface area contributed by atoms with Gasteiger partial charge in [-0.05, 0) is 78.7 Å². The van der Waals surface area contributed by atoms with Gasteiger partial charge in [0.05, 0.1) is 17.7 Å². The fourth-order valence-corrected chi connectivity index (χ4v) is 6.80. The molecule has 0 bridgehead atoms. The lowest BCUT2D eigenvalue weighted by atomic mass is 10.0. The highest BCUT2D eigenvalue weighted by molar-refractivity contribution is 7.92. The number of carbonyl (C=O) groups excluding carboxylic acids is 2. The van der Waals surface area contributed by atoms with Crippen LogP contribution in [-0.4, -0.2) is 51.4 Å². The molecule has 0 saturated heterocycles. The number of hydrogen-bond donors (Lipinski definition) is 1. The van der Waals surface area contributed by atoms with Crippen molar-refractivity contribution in [1.82, 2.24) is 10.2 Å². The van der Waals surface area contributed by atoms with E-state index in [9.17, 15) is 18.0 Å². The second-order valence-electron chi connectivity index (χ2n) is 11.2. The molecule has 5 rings (SSSR count). The Labute approximate surface area is 287 Å². The van der Waals surface area contributed by atoms with Crippen LogP contribution in [0.5, 0.6) is 17.2 Å². The van der Waals surface area contributed by atoms with Crippen LogP contribution < -0.4 is 19.1 Å². The van der Waals surface area contributed by atoms with E-state index in [2.05, 4.69) is 5.32 Å². The highest BCUT2D eigenvalue weighted by Gasteiger charge is 2.34. The normalized spacial score (nSPS) is 11.6. The molecule has 0 fully saturated rings. The van der Waals surface area contributed by atoms with Crippen LogP contribution in [0.4, 0.5) is 5.69 Å². The van der Waals surface area contributed by atoms with Crippen molar-refractivity contribution >= 4 is 27.5 Å². The lowest BCUT2D eigenvalue weighted by Gasteiger charge is -2.34. The van der Waals surface area contributed by atoms with Crippen molar-refractivity contribution in [3.8, 4) is 17.2 Å². The summed E-state index contributed by atoms with van der Waals surface area (Å²) >= 11 is 0. The minimum absolute atomic E-state index is 0.0244. The van der Waals surface area contributed by atoms with E-state index < -0.39 is 28.5 Å². The third-order valence-electron chi connectivity index (χ3n) is 7.82. The molecule has 0 heterocycles. The van der Waals surface area contributed by atoms with Gasteiger partial charge >= 0.3 is 0 Å². The topological polar surface area (TPSA) is 105 Å². The lowest BCUT2D eigenvalue weighted by molar-refractivity contribution is -0.140. The van der Waals surface area contributed by atoms with Crippen molar-refractivity contribution in [2.75, 3.05) is 24.5 Å². The maximum absolute atomic E-state index is 14.6. The Morgan fingerprint density at radius 1 is 0.714 bits per heavy atom. The first kappa shape index (κ1) is 34.7. The summed E-state index contributed by atoms with van der Waals surface area (Å²) in [6.45, 7) is 1.64. The molecule has 0 spiro atoms. The van der Waals surface area contributed by atoms with Crippen LogP contribution in [-0.2, 0) is 32.6 Å². The summed E-state index contributed by atoms with van der Waals surface area (Å²) < 4.78 is 40.9. The largest absolute Gasteiger partial charge is 0.497 e. The average Bonchev–Trinajstić information content (AvgIpc) is 3.13. The number of para-hydroxylation sites is 1. The number of anilines is 1. The second kappa shape index (κ2) is 16.5. The molecule has 1 N–H and O–H groups in total. The third kappa shape index (κ3) is 9.05. The van der Waals surface area contributed by atoms with Gasteiger partial charge in [-0.1, -0.05) is 78.9 Å². The molecule has 0 aromatic heterocycles. The molecule has 0 saturated carbocycles. The third-order valence-corrected chi connectivity index (χ3v) is 9.61. The minimum atomic E-state index is -4.23. The van der Waals surface area contributed by atoms with Crippen molar-refractivity contribution in [2.45, 2.75) is 30.8 Å². The van der Waals surface area contributed by atoms with E-state index in [4.69, 9.17) is 9.47 Å². The van der Waals surface area contributed by atoms with Gasteiger partial charge in [-0.15, -0.1) is 0 Å². The Morgan fingerprint density at radius 3 is 1.92 bits per heavy atom. The predicted molar refractivity (Wildman–Crippen MR) is 190 cm³/mol. The zero-order valence-electron chi connectivity index (χ0n) is 27.4. The van der Waals surface area contributed by atoms with Gasteiger partial charge in [-0.25, -0.2) is 8.42 Å². The Balaban J connectivity index is 1.55. The van der Waals surface area contributed by atoms with Crippen LogP contribution in [0.25, 0.3) is 0 Å². The van der Waals surface area contributed by atoms with E-state index in [-0.39, 0.29) is 29.5 Å². The average molecular weight is 678 g/mol. The van der Waals surface area contributed by atoms with E-state index in [0.717, 1.165) is 15.4 Å². The standard InChI is InChI=1S/C39H39N3O6S/c1-3-40-39(44)37(27-30-14-7-4-8-15-30)41(28-31-16-13-19-35(26-31)47-2)38(43)29-42(49(45,46)36-20-11-6-12-21-36)32-22-24-34(25-23-32)48-33-17-9-5-10-18-33/h4-26,37H,3,27-29H2,1-2H3,(H,40,44)/t37-/m0/s1. The van der Waals surface area contributed by atoms with Crippen LogP contribution in [0.2, 0.25) is 0 Å². The first-order chi connectivity index (χ1) is 23.8. The highest BCUT2D eigenvalue weighted by Crippen LogP contribution is 2.29. The molecule has 0 aliphatic rings. The van der Waals surface area contributed by atoms with E-state index >= 15 is 0 Å². The summed E-state index contributed by atoms with van der Waals surface area (Å²) in [5, 5.41) is 2.87. The summed E-state index contributed by atoms with van der Waals surface area (Å²) in [5.41, 5.74) is 1.83. The maximum atomic E-state index is 14.6. The number of sulfonamides is 1. The fraction of sp³-hybridized carbons (Fsp3) is 0.179. The van der Waals surface area contributed by atoms with Gasteiger partial charge in [0.1, 0.15) is 29.8 Å². The monoisotopic (exact) mass is 677 g/mol. The maximum Gasteiger partial charge on any atom is 0.264 e. The second-order valence-corrected chi connectivity index (χ2v) is 13.1. The molecule has 5 aromatic carbocycles.